The van der Waals surface area contributed by atoms with Crippen molar-refractivity contribution in [1.29, 1.82) is 0 Å². The van der Waals surface area contributed by atoms with Gasteiger partial charge < -0.3 is 4.57 Å². The number of para-hydroxylation sites is 1. The number of carbonyl (C=O) groups excluding carboxylic acids is 1. The number of aromatic nitrogens is 1. The predicted octanol–water partition coefficient (Wildman–Crippen LogP) is 5.72. The smallest absolute Gasteiger partial charge is 0.272 e. The molecule has 30 heavy (non-hydrogen) atoms. The van der Waals surface area contributed by atoms with Gasteiger partial charge in [0.2, 0.25) is 0 Å². The molecule has 1 heterocycles. The third kappa shape index (κ3) is 4.00. The van der Waals surface area contributed by atoms with Crippen molar-refractivity contribution in [3.8, 4) is 0 Å². The van der Waals surface area contributed by atoms with E-state index < -0.39 is 0 Å². The van der Waals surface area contributed by atoms with E-state index in [0.717, 1.165) is 34.3 Å². The molecular weight excluding hydrogens is 394 g/mol. The highest BCUT2D eigenvalue weighted by Gasteiger charge is 2.13. The fraction of sp³-hybridized carbons (Fsp3) is 0.120. The van der Waals surface area contributed by atoms with Crippen molar-refractivity contribution in [2.75, 3.05) is 0 Å². The summed E-state index contributed by atoms with van der Waals surface area (Å²) >= 11 is 6.19. The molecule has 4 rings (SSSR count). The van der Waals surface area contributed by atoms with Gasteiger partial charge in [0.1, 0.15) is 0 Å². The van der Waals surface area contributed by atoms with Crippen molar-refractivity contribution in [3.05, 3.63) is 106 Å². The molecule has 0 aliphatic heterocycles. The number of amides is 1. The van der Waals surface area contributed by atoms with Crippen molar-refractivity contribution in [1.82, 2.24) is 9.99 Å². The van der Waals surface area contributed by atoms with Crippen molar-refractivity contribution < 1.29 is 4.79 Å². The lowest BCUT2D eigenvalue weighted by atomic mass is 10.1. The Kier molecular flexibility index (Phi) is 5.68. The molecule has 0 bridgehead atoms. The first kappa shape index (κ1) is 19.9. The molecule has 0 fully saturated rings. The van der Waals surface area contributed by atoms with Crippen LogP contribution in [-0.2, 0) is 6.54 Å². The van der Waals surface area contributed by atoms with Crippen LogP contribution in [0.4, 0.5) is 0 Å². The van der Waals surface area contributed by atoms with E-state index in [1.807, 2.05) is 43.3 Å². The molecule has 0 atom stereocenters. The van der Waals surface area contributed by atoms with Gasteiger partial charge in [-0.15, -0.1) is 0 Å². The molecule has 0 spiro atoms. The standard InChI is InChI=1S/C25H22ClN3O/c1-17-12-13-21(23(26)14-17)25(30)28-27-15-22-18(2)29(16-19-8-4-3-5-9-19)24-11-7-6-10-20(22)24/h3-15H,16H2,1-2H3,(H,28,30)/b27-15+. The third-order valence-electron chi connectivity index (χ3n) is 5.19. The maximum Gasteiger partial charge on any atom is 0.272 e. The molecule has 1 amide bonds. The summed E-state index contributed by atoms with van der Waals surface area (Å²) in [6.07, 6.45) is 1.71. The highest BCUT2D eigenvalue weighted by molar-refractivity contribution is 6.33. The maximum absolute atomic E-state index is 12.4. The minimum absolute atomic E-state index is 0.332. The lowest BCUT2D eigenvalue weighted by Gasteiger charge is -2.08. The summed E-state index contributed by atoms with van der Waals surface area (Å²) in [6, 6.07) is 23.9. The number of halogens is 1. The lowest BCUT2D eigenvalue weighted by molar-refractivity contribution is 0.0955. The summed E-state index contributed by atoms with van der Waals surface area (Å²) in [6.45, 7) is 4.77. The third-order valence-corrected chi connectivity index (χ3v) is 5.50. The lowest BCUT2D eigenvalue weighted by Crippen LogP contribution is -2.18. The molecule has 5 heteroatoms. The van der Waals surface area contributed by atoms with Crippen LogP contribution in [0.2, 0.25) is 5.02 Å². The number of hydrogen-bond acceptors (Lipinski definition) is 2. The van der Waals surface area contributed by atoms with Gasteiger partial charge in [-0.1, -0.05) is 66.2 Å². The Labute approximate surface area is 180 Å². The summed E-state index contributed by atoms with van der Waals surface area (Å²) < 4.78 is 2.27. The summed E-state index contributed by atoms with van der Waals surface area (Å²) in [5.41, 5.74) is 8.44. The number of fused-ring (bicyclic) bond motifs is 1. The van der Waals surface area contributed by atoms with Gasteiger partial charge in [-0.3, -0.25) is 4.79 Å². The van der Waals surface area contributed by atoms with Crippen molar-refractivity contribution in [2.24, 2.45) is 5.10 Å². The van der Waals surface area contributed by atoms with Crippen LogP contribution in [0.25, 0.3) is 10.9 Å². The number of carbonyl (C=O) groups is 1. The minimum Gasteiger partial charge on any atom is -0.340 e. The zero-order valence-electron chi connectivity index (χ0n) is 16.9. The number of nitrogens with one attached hydrogen (secondary N) is 1. The number of hydrazone groups is 1. The molecule has 0 radical (unpaired) electrons. The van der Waals surface area contributed by atoms with Gasteiger partial charge in [0.25, 0.3) is 5.91 Å². The first-order valence-electron chi connectivity index (χ1n) is 9.76. The Bertz CT molecular complexity index is 1240. The van der Waals surface area contributed by atoms with Gasteiger partial charge in [-0.25, -0.2) is 5.43 Å². The van der Waals surface area contributed by atoms with Crippen LogP contribution in [-0.4, -0.2) is 16.7 Å². The summed E-state index contributed by atoms with van der Waals surface area (Å²) in [5.74, 6) is -0.332. The van der Waals surface area contributed by atoms with Crippen LogP contribution >= 0.6 is 11.6 Å². The molecule has 1 aromatic heterocycles. The van der Waals surface area contributed by atoms with Crippen LogP contribution in [0.15, 0.2) is 77.9 Å². The van der Waals surface area contributed by atoms with E-state index in [9.17, 15) is 4.79 Å². The summed E-state index contributed by atoms with van der Waals surface area (Å²) in [5, 5.41) is 5.73. The van der Waals surface area contributed by atoms with Crippen molar-refractivity contribution in [2.45, 2.75) is 20.4 Å². The van der Waals surface area contributed by atoms with E-state index in [1.54, 1.807) is 18.3 Å². The SMILES string of the molecule is Cc1ccc(C(=O)N/N=C/c2c(C)n(Cc3ccccc3)c3ccccc23)c(Cl)c1. The molecule has 150 valence electrons. The van der Waals surface area contributed by atoms with Crippen molar-refractivity contribution >= 4 is 34.6 Å². The van der Waals surface area contributed by atoms with Crippen LogP contribution in [0, 0.1) is 13.8 Å². The topological polar surface area (TPSA) is 46.4 Å². The quantitative estimate of drug-likeness (QED) is 0.328. The number of nitrogens with zero attached hydrogens (tertiary/aromatic N) is 2. The van der Waals surface area contributed by atoms with E-state index in [0.29, 0.717) is 10.6 Å². The Morgan fingerprint density at radius 2 is 1.77 bits per heavy atom. The van der Waals surface area contributed by atoms with Gasteiger partial charge in [-0.2, -0.15) is 5.10 Å². The first-order valence-corrected chi connectivity index (χ1v) is 10.1. The molecule has 0 aliphatic rings. The van der Waals surface area contributed by atoms with Crippen molar-refractivity contribution in [3.63, 3.8) is 0 Å². The number of benzene rings is 3. The second kappa shape index (κ2) is 8.56. The van der Waals surface area contributed by atoms with E-state index >= 15 is 0 Å². The fourth-order valence-electron chi connectivity index (χ4n) is 3.61. The first-order chi connectivity index (χ1) is 14.5. The number of aryl methyl sites for hydroxylation is 1. The van der Waals surface area contributed by atoms with Gasteiger partial charge >= 0.3 is 0 Å². The molecule has 0 saturated heterocycles. The highest BCUT2D eigenvalue weighted by Crippen LogP contribution is 2.25. The Morgan fingerprint density at radius 3 is 2.53 bits per heavy atom. The second-order valence-electron chi connectivity index (χ2n) is 7.27. The van der Waals surface area contributed by atoms with Crippen LogP contribution < -0.4 is 5.43 Å². The molecule has 0 unspecified atom stereocenters. The average Bonchev–Trinajstić information content (AvgIpc) is 3.00. The van der Waals surface area contributed by atoms with E-state index in [1.165, 1.54) is 5.56 Å². The van der Waals surface area contributed by atoms with Gasteiger partial charge in [-0.05, 0) is 43.2 Å². The van der Waals surface area contributed by atoms with Gasteiger partial charge in [0, 0.05) is 28.7 Å². The van der Waals surface area contributed by atoms with Crippen LogP contribution in [0.5, 0.6) is 0 Å². The van der Waals surface area contributed by atoms with Gasteiger partial charge in [0.15, 0.2) is 0 Å². The Balaban J connectivity index is 1.62. The molecule has 4 aromatic rings. The molecule has 4 nitrogen and oxygen atoms in total. The highest BCUT2D eigenvalue weighted by atomic mass is 35.5. The molecule has 3 aromatic carbocycles. The molecule has 0 aliphatic carbocycles. The minimum atomic E-state index is -0.332. The van der Waals surface area contributed by atoms with E-state index in [4.69, 9.17) is 11.6 Å². The molecule has 1 N–H and O–H groups in total. The zero-order chi connectivity index (χ0) is 21.1. The Hall–Kier alpha value is -3.37. The summed E-state index contributed by atoms with van der Waals surface area (Å²) in [7, 11) is 0. The van der Waals surface area contributed by atoms with E-state index in [2.05, 4.69) is 46.3 Å². The maximum atomic E-state index is 12.4. The van der Waals surface area contributed by atoms with Crippen LogP contribution in [0.1, 0.15) is 32.7 Å². The Morgan fingerprint density at radius 1 is 1.03 bits per heavy atom. The normalized spacial score (nSPS) is 11.3. The monoisotopic (exact) mass is 415 g/mol. The van der Waals surface area contributed by atoms with Crippen LogP contribution in [0.3, 0.4) is 0 Å². The zero-order valence-corrected chi connectivity index (χ0v) is 17.6. The average molecular weight is 416 g/mol. The van der Waals surface area contributed by atoms with E-state index in [-0.39, 0.29) is 5.91 Å². The largest absolute Gasteiger partial charge is 0.340 e. The molecular formula is C25H22ClN3O. The predicted molar refractivity (Wildman–Crippen MR) is 123 cm³/mol. The fourth-order valence-corrected chi connectivity index (χ4v) is 3.93. The second-order valence-corrected chi connectivity index (χ2v) is 7.68. The number of hydrogen-bond donors (Lipinski definition) is 1. The number of rotatable bonds is 5. The molecule has 0 saturated carbocycles. The van der Waals surface area contributed by atoms with Gasteiger partial charge in [0.05, 0.1) is 16.8 Å². The summed E-state index contributed by atoms with van der Waals surface area (Å²) in [4.78, 5) is 12.4.